The fourth-order valence-electron chi connectivity index (χ4n) is 2.72. The van der Waals surface area contributed by atoms with Gasteiger partial charge in [-0.15, -0.1) is 0 Å². The van der Waals surface area contributed by atoms with Crippen molar-refractivity contribution < 1.29 is 14.3 Å². The van der Waals surface area contributed by atoms with Crippen LogP contribution in [0.15, 0.2) is 48.5 Å². The minimum Gasteiger partial charge on any atom is -0.494 e. The molecule has 0 N–H and O–H groups in total. The van der Waals surface area contributed by atoms with Gasteiger partial charge in [-0.25, -0.2) is 0 Å². The van der Waals surface area contributed by atoms with E-state index in [1.165, 1.54) is 12.8 Å². The lowest BCUT2D eigenvalue weighted by atomic mass is 9.93. The molecule has 0 aromatic heterocycles. The smallest absolute Gasteiger partial charge is 0.323 e. The SMILES string of the molecule is CCCCCOc1ccc(C2C(=O)Oc3ccccc32)cc1. The molecular formula is C19H20O3. The van der Waals surface area contributed by atoms with Gasteiger partial charge in [-0.3, -0.25) is 4.79 Å². The van der Waals surface area contributed by atoms with Crippen molar-refractivity contribution in [2.45, 2.75) is 32.1 Å². The van der Waals surface area contributed by atoms with Gasteiger partial charge < -0.3 is 9.47 Å². The average molecular weight is 296 g/mol. The van der Waals surface area contributed by atoms with Crippen LogP contribution in [0.25, 0.3) is 0 Å². The van der Waals surface area contributed by atoms with E-state index in [0.717, 1.165) is 29.9 Å². The first-order valence-corrected chi connectivity index (χ1v) is 7.83. The fourth-order valence-corrected chi connectivity index (χ4v) is 2.72. The summed E-state index contributed by atoms with van der Waals surface area (Å²) >= 11 is 0. The van der Waals surface area contributed by atoms with E-state index >= 15 is 0 Å². The van der Waals surface area contributed by atoms with Crippen molar-refractivity contribution in [3.63, 3.8) is 0 Å². The third-order valence-corrected chi connectivity index (χ3v) is 3.91. The Bertz CT molecular complexity index is 646. The Labute approximate surface area is 130 Å². The maximum Gasteiger partial charge on any atom is 0.323 e. The number of hydrogen-bond donors (Lipinski definition) is 0. The van der Waals surface area contributed by atoms with Crippen LogP contribution in [0.4, 0.5) is 0 Å². The molecule has 22 heavy (non-hydrogen) atoms. The molecule has 0 bridgehead atoms. The van der Waals surface area contributed by atoms with Crippen LogP contribution in [-0.4, -0.2) is 12.6 Å². The predicted octanol–water partition coefficient (Wildman–Crippen LogP) is 4.31. The lowest BCUT2D eigenvalue weighted by molar-refractivity contribution is -0.133. The van der Waals surface area contributed by atoms with E-state index in [1.54, 1.807) is 0 Å². The van der Waals surface area contributed by atoms with Crippen LogP contribution in [0.2, 0.25) is 0 Å². The quantitative estimate of drug-likeness (QED) is 0.453. The van der Waals surface area contributed by atoms with Crippen molar-refractivity contribution >= 4 is 5.97 Å². The van der Waals surface area contributed by atoms with E-state index in [-0.39, 0.29) is 11.9 Å². The molecule has 1 unspecified atom stereocenters. The Morgan fingerprint density at radius 2 is 1.82 bits per heavy atom. The third kappa shape index (κ3) is 2.98. The summed E-state index contributed by atoms with van der Waals surface area (Å²) in [5.74, 6) is 0.972. The van der Waals surface area contributed by atoms with Gasteiger partial charge in [-0.1, -0.05) is 50.1 Å². The van der Waals surface area contributed by atoms with E-state index in [0.29, 0.717) is 5.75 Å². The van der Waals surface area contributed by atoms with Crippen molar-refractivity contribution in [2.75, 3.05) is 6.61 Å². The fraction of sp³-hybridized carbons (Fsp3) is 0.316. The van der Waals surface area contributed by atoms with Crippen LogP contribution >= 0.6 is 0 Å². The predicted molar refractivity (Wildman–Crippen MR) is 85.4 cm³/mol. The topological polar surface area (TPSA) is 35.5 Å². The highest BCUT2D eigenvalue weighted by Gasteiger charge is 2.33. The molecule has 1 aliphatic rings. The molecule has 2 aromatic carbocycles. The molecule has 3 nitrogen and oxygen atoms in total. The molecule has 2 aromatic rings. The third-order valence-electron chi connectivity index (χ3n) is 3.91. The standard InChI is InChI=1S/C19H20O3/c1-2-3-6-13-21-15-11-9-14(10-12-15)18-16-7-4-5-8-17(16)22-19(18)20/h4-5,7-12,18H,2-3,6,13H2,1H3. The summed E-state index contributed by atoms with van der Waals surface area (Å²) < 4.78 is 11.0. The van der Waals surface area contributed by atoms with Crippen molar-refractivity contribution in [2.24, 2.45) is 0 Å². The monoisotopic (exact) mass is 296 g/mol. The lowest BCUT2D eigenvalue weighted by Crippen LogP contribution is -2.11. The van der Waals surface area contributed by atoms with Crippen molar-refractivity contribution in [3.05, 3.63) is 59.7 Å². The first-order valence-electron chi connectivity index (χ1n) is 7.83. The normalized spacial score (nSPS) is 16.2. The number of rotatable bonds is 6. The minimum absolute atomic E-state index is 0.210. The van der Waals surface area contributed by atoms with E-state index in [1.807, 2.05) is 48.5 Å². The van der Waals surface area contributed by atoms with Crippen molar-refractivity contribution in [1.29, 1.82) is 0 Å². The van der Waals surface area contributed by atoms with Crippen LogP contribution < -0.4 is 9.47 Å². The van der Waals surface area contributed by atoms with Crippen molar-refractivity contribution in [1.82, 2.24) is 0 Å². The van der Waals surface area contributed by atoms with E-state index in [9.17, 15) is 4.79 Å². The van der Waals surface area contributed by atoms with E-state index in [4.69, 9.17) is 9.47 Å². The summed E-state index contributed by atoms with van der Waals surface area (Å²) in [6.45, 7) is 2.91. The Hall–Kier alpha value is -2.29. The summed E-state index contributed by atoms with van der Waals surface area (Å²) in [6, 6.07) is 15.3. The summed E-state index contributed by atoms with van der Waals surface area (Å²) in [6.07, 6.45) is 3.44. The van der Waals surface area contributed by atoms with E-state index in [2.05, 4.69) is 6.92 Å². The zero-order valence-electron chi connectivity index (χ0n) is 12.7. The zero-order chi connectivity index (χ0) is 15.4. The molecule has 0 spiro atoms. The molecule has 0 radical (unpaired) electrons. The zero-order valence-corrected chi connectivity index (χ0v) is 12.7. The highest BCUT2D eigenvalue weighted by atomic mass is 16.5. The molecular weight excluding hydrogens is 276 g/mol. The largest absolute Gasteiger partial charge is 0.494 e. The number of carbonyl (C=O) groups is 1. The molecule has 3 rings (SSSR count). The second-order valence-corrected chi connectivity index (χ2v) is 5.52. The molecule has 1 aliphatic heterocycles. The number of fused-ring (bicyclic) bond motifs is 1. The second-order valence-electron chi connectivity index (χ2n) is 5.52. The maximum atomic E-state index is 12.1. The van der Waals surface area contributed by atoms with Gasteiger partial charge in [-0.2, -0.15) is 0 Å². The second kappa shape index (κ2) is 6.65. The molecule has 0 aliphatic carbocycles. The minimum atomic E-state index is -0.328. The van der Waals surface area contributed by atoms with Gasteiger partial charge in [0.25, 0.3) is 0 Å². The molecule has 0 saturated heterocycles. The number of unbranched alkanes of at least 4 members (excludes halogenated alkanes) is 2. The van der Waals surface area contributed by atoms with Gasteiger partial charge in [0.05, 0.1) is 6.61 Å². The van der Waals surface area contributed by atoms with Gasteiger partial charge in [-0.05, 0) is 30.2 Å². The van der Waals surface area contributed by atoms with Gasteiger partial charge in [0.1, 0.15) is 17.4 Å². The van der Waals surface area contributed by atoms with Crippen LogP contribution in [-0.2, 0) is 4.79 Å². The van der Waals surface area contributed by atoms with Crippen LogP contribution in [0.5, 0.6) is 11.5 Å². The molecule has 1 atom stereocenters. The number of carbonyl (C=O) groups excluding carboxylic acids is 1. The molecule has 1 heterocycles. The Balaban J connectivity index is 1.72. The van der Waals surface area contributed by atoms with Gasteiger partial charge in [0.15, 0.2) is 0 Å². The molecule has 0 saturated carbocycles. The molecule has 3 heteroatoms. The Kier molecular flexibility index (Phi) is 4.42. The molecule has 114 valence electrons. The summed E-state index contributed by atoms with van der Waals surface area (Å²) in [5, 5.41) is 0. The van der Waals surface area contributed by atoms with Gasteiger partial charge in [0.2, 0.25) is 0 Å². The first-order chi connectivity index (χ1) is 10.8. The summed E-state index contributed by atoms with van der Waals surface area (Å²) in [7, 11) is 0. The van der Waals surface area contributed by atoms with Gasteiger partial charge in [0, 0.05) is 5.56 Å². The van der Waals surface area contributed by atoms with Crippen LogP contribution in [0, 0.1) is 0 Å². The highest BCUT2D eigenvalue weighted by Crippen LogP contribution is 2.39. The number of para-hydroxylation sites is 1. The first kappa shape index (κ1) is 14.6. The number of hydrogen-bond acceptors (Lipinski definition) is 3. The number of esters is 1. The van der Waals surface area contributed by atoms with Crippen molar-refractivity contribution in [3.8, 4) is 11.5 Å². The number of ether oxygens (including phenoxy) is 2. The van der Waals surface area contributed by atoms with Crippen LogP contribution in [0.1, 0.15) is 43.2 Å². The Morgan fingerprint density at radius 1 is 1.05 bits per heavy atom. The molecule has 0 amide bonds. The summed E-state index contributed by atoms with van der Waals surface area (Å²) in [5.41, 5.74) is 1.87. The molecule has 0 fully saturated rings. The van der Waals surface area contributed by atoms with E-state index < -0.39 is 0 Å². The lowest BCUT2D eigenvalue weighted by Gasteiger charge is -2.10. The average Bonchev–Trinajstić information content (AvgIpc) is 2.88. The van der Waals surface area contributed by atoms with Gasteiger partial charge >= 0.3 is 5.97 Å². The maximum absolute atomic E-state index is 12.1. The Morgan fingerprint density at radius 3 is 2.59 bits per heavy atom. The number of benzene rings is 2. The summed E-state index contributed by atoms with van der Waals surface area (Å²) in [4.78, 5) is 12.1. The highest BCUT2D eigenvalue weighted by molar-refractivity contribution is 5.89. The van der Waals surface area contributed by atoms with Crippen LogP contribution in [0.3, 0.4) is 0 Å².